The topological polar surface area (TPSA) is 0 Å². The predicted molar refractivity (Wildman–Crippen MR) is 97.2 cm³/mol. The lowest BCUT2D eigenvalue weighted by Crippen LogP contribution is -1.89. The van der Waals surface area contributed by atoms with Gasteiger partial charge in [-0.05, 0) is 55.5 Å². The molecule has 0 saturated heterocycles. The van der Waals surface area contributed by atoms with Crippen LogP contribution in [-0.2, 0) is 0 Å². The molecule has 0 N–H and O–H groups in total. The zero-order valence-corrected chi connectivity index (χ0v) is 14.7. The van der Waals surface area contributed by atoms with Crippen molar-refractivity contribution in [1.29, 1.82) is 0 Å². The van der Waals surface area contributed by atoms with Crippen LogP contribution in [0.5, 0.6) is 0 Å². The highest BCUT2D eigenvalue weighted by molar-refractivity contribution is 5.69. The van der Waals surface area contributed by atoms with E-state index in [1.165, 1.54) is 27.8 Å². The van der Waals surface area contributed by atoms with Crippen LogP contribution in [0.15, 0.2) is 36.4 Å². The molecular formula is C20H32. The first kappa shape index (κ1) is 20.8. The standard InChI is InChI=1S/C16H20.2C2H6/c1-7-15-9-13(5)14(6)10-16(15)8-12(4)11(2)3;2*1-2/h7-10H,1-2H2,3-6H3;2*1-2H3/b12-8-;;. The molecule has 0 aliphatic rings. The summed E-state index contributed by atoms with van der Waals surface area (Å²) in [6.45, 7) is 24.2. The predicted octanol–water partition coefficient (Wildman–Crippen LogP) is 6.98. The van der Waals surface area contributed by atoms with Gasteiger partial charge in [-0.25, -0.2) is 0 Å². The highest BCUT2D eigenvalue weighted by Gasteiger charge is 2.01. The summed E-state index contributed by atoms with van der Waals surface area (Å²) in [6, 6.07) is 4.39. The molecule has 0 fully saturated rings. The van der Waals surface area contributed by atoms with Gasteiger partial charge >= 0.3 is 0 Å². The van der Waals surface area contributed by atoms with E-state index in [-0.39, 0.29) is 0 Å². The Morgan fingerprint density at radius 3 is 1.65 bits per heavy atom. The van der Waals surface area contributed by atoms with Crippen LogP contribution in [0.25, 0.3) is 12.2 Å². The second-order valence-corrected chi connectivity index (χ2v) is 4.38. The van der Waals surface area contributed by atoms with Gasteiger partial charge in [0.25, 0.3) is 0 Å². The molecule has 1 rings (SSSR count). The molecule has 0 radical (unpaired) electrons. The minimum absolute atomic E-state index is 1.10. The first-order chi connectivity index (χ1) is 9.45. The summed E-state index contributed by atoms with van der Waals surface area (Å²) in [7, 11) is 0. The molecule has 0 aliphatic carbocycles. The summed E-state index contributed by atoms with van der Waals surface area (Å²) >= 11 is 0. The van der Waals surface area contributed by atoms with E-state index in [1.54, 1.807) is 0 Å². The molecule has 0 heteroatoms. The number of allylic oxidation sites excluding steroid dienone is 2. The summed E-state index contributed by atoms with van der Waals surface area (Å²) < 4.78 is 0. The van der Waals surface area contributed by atoms with Crippen LogP contribution in [0.4, 0.5) is 0 Å². The summed E-state index contributed by atoms with van der Waals surface area (Å²) in [5.41, 5.74) is 7.34. The fourth-order valence-electron chi connectivity index (χ4n) is 1.52. The number of aryl methyl sites for hydroxylation is 2. The Labute approximate surface area is 126 Å². The summed E-state index contributed by atoms with van der Waals surface area (Å²) in [6.07, 6.45) is 4.08. The van der Waals surface area contributed by atoms with E-state index in [4.69, 9.17) is 0 Å². The SMILES string of the molecule is C=Cc1cc(C)c(C)cc1/C=C(/C)C(=C)C.CC.CC. The molecule has 0 spiro atoms. The lowest BCUT2D eigenvalue weighted by atomic mass is 9.97. The molecule has 0 unspecified atom stereocenters. The van der Waals surface area contributed by atoms with Crippen molar-refractivity contribution in [2.24, 2.45) is 0 Å². The van der Waals surface area contributed by atoms with Crippen LogP contribution in [-0.4, -0.2) is 0 Å². The Bertz CT molecular complexity index is 459. The Balaban J connectivity index is 0. The van der Waals surface area contributed by atoms with Crippen molar-refractivity contribution in [3.8, 4) is 0 Å². The van der Waals surface area contributed by atoms with Crippen LogP contribution in [0.3, 0.4) is 0 Å². The molecule has 112 valence electrons. The van der Waals surface area contributed by atoms with Gasteiger partial charge < -0.3 is 0 Å². The molecule has 0 atom stereocenters. The zero-order chi connectivity index (χ0) is 16.3. The van der Waals surface area contributed by atoms with E-state index in [0.717, 1.165) is 5.57 Å². The van der Waals surface area contributed by atoms with Crippen molar-refractivity contribution in [3.63, 3.8) is 0 Å². The Morgan fingerprint density at radius 1 is 0.900 bits per heavy atom. The highest BCUT2D eigenvalue weighted by Crippen LogP contribution is 2.21. The van der Waals surface area contributed by atoms with Gasteiger partial charge in [0.1, 0.15) is 0 Å². The fraction of sp³-hybridized carbons (Fsp3) is 0.400. The number of hydrogen-bond donors (Lipinski definition) is 0. The fourth-order valence-corrected chi connectivity index (χ4v) is 1.52. The maximum Gasteiger partial charge on any atom is -0.0179 e. The molecule has 1 aromatic carbocycles. The molecule has 0 aliphatic heterocycles. The van der Waals surface area contributed by atoms with E-state index in [1.807, 2.05) is 40.7 Å². The monoisotopic (exact) mass is 272 g/mol. The Kier molecular flexibility index (Phi) is 11.7. The van der Waals surface area contributed by atoms with Crippen LogP contribution >= 0.6 is 0 Å². The number of hydrogen-bond acceptors (Lipinski definition) is 0. The molecule has 0 heterocycles. The third-order valence-corrected chi connectivity index (χ3v) is 2.96. The van der Waals surface area contributed by atoms with Gasteiger partial charge in [0.15, 0.2) is 0 Å². The normalized spacial score (nSPS) is 9.70. The second-order valence-electron chi connectivity index (χ2n) is 4.38. The Morgan fingerprint density at radius 2 is 1.30 bits per heavy atom. The van der Waals surface area contributed by atoms with Crippen LogP contribution in [0.1, 0.15) is 63.8 Å². The van der Waals surface area contributed by atoms with Crippen molar-refractivity contribution < 1.29 is 0 Å². The third kappa shape index (κ3) is 6.56. The summed E-state index contributed by atoms with van der Waals surface area (Å²) in [5, 5.41) is 0. The molecule has 0 saturated carbocycles. The first-order valence-corrected chi connectivity index (χ1v) is 7.53. The smallest absolute Gasteiger partial charge is 0.0179 e. The van der Waals surface area contributed by atoms with Crippen molar-refractivity contribution in [1.82, 2.24) is 0 Å². The van der Waals surface area contributed by atoms with Gasteiger partial charge in [-0.2, -0.15) is 0 Å². The van der Waals surface area contributed by atoms with Crippen molar-refractivity contribution in [2.45, 2.75) is 55.4 Å². The van der Waals surface area contributed by atoms with Gasteiger partial charge in [-0.1, -0.05) is 70.7 Å². The Hall–Kier alpha value is -1.56. The van der Waals surface area contributed by atoms with E-state index < -0.39 is 0 Å². The van der Waals surface area contributed by atoms with E-state index >= 15 is 0 Å². The zero-order valence-electron chi connectivity index (χ0n) is 14.7. The van der Waals surface area contributed by atoms with Crippen molar-refractivity contribution >= 4 is 12.2 Å². The van der Waals surface area contributed by atoms with Crippen molar-refractivity contribution in [2.75, 3.05) is 0 Å². The van der Waals surface area contributed by atoms with Crippen molar-refractivity contribution in [3.05, 3.63) is 58.7 Å². The largest absolute Gasteiger partial charge is 0.0984 e. The lowest BCUT2D eigenvalue weighted by Gasteiger charge is -2.08. The van der Waals surface area contributed by atoms with E-state index in [0.29, 0.717) is 0 Å². The average molecular weight is 272 g/mol. The minimum Gasteiger partial charge on any atom is -0.0984 e. The molecule has 0 aromatic heterocycles. The van der Waals surface area contributed by atoms with Crippen LogP contribution < -0.4 is 0 Å². The third-order valence-electron chi connectivity index (χ3n) is 2.96. The first-order valence-electron chi connectivity index (χ1n) is 7.53. The highest BCUT2D eigenvalue weighted by atomic mass is 14.1. The van der Waals surface area contributed by atoms with Gasteiger partial charge in [0.2, 0.25) is 0 Å². The van der Waals surface area contributed by atoms with Crippen LogP contribution in [0, 0.1) is 13.8 Å². The van der Waals surface area contributed by atoms with Gasteiger partial charge in [-0.15, -0.1) is 0 Å². The minimum atomic E-state index is 1.10. The molecule has 0 bridgehead atoms. The maximum absolute atomic E-state index is 3.95. The van der Waals surface area contributed by atoms with Gasteiger partial charge in [0.05, 0.1) is 0 Å². The maximum atomic E-state index is 3.95. The lowest BCUT2D eigenvalue weighted by molar-refractivity contribution is 1.32. The number of rotatable bonds is 3. The molecule has 1 aromatic rings. The average Bonchev–Trinajstić information content (AvgIpc) is 2.46. The molecule has 20 heavy (non-hydrogen) atoms. The van der Waals surface area contributed by atoms with Gasteiger partial charge in [0, 0.05) is 0 Å². The van der Waals surface area contributed by atoms with E-state index in [9.17, 15) is 0 Å². The van der Waals surface area contributed by atoms with Gasteiger partial charge in [-0.3, -0.25) is 0 Å². The van der Waals surface area contributed by atoms with Crippen LogP contribution in [0.2, 0.25) is 0 Å². The molecular weight excluding hydrogens is 240 g/mol. The number of benzene rings is 1. The molecule has 0 nitrogen and oxygen atoms in total. The molecule has 0 amide bonds. The second kappa shape index (κ2) is 11.3. The van der Waals surface area contributed by atoms with E-state index in [2.05, 4.69) is 52.1 Å². The summed E-state index contributed by atoms with van der Waals surface area (Å²) in [4.78, 5) is 0. The summed E-state index contributed by atoms with van der Waals surface area (Å²) in [5.74, 6) is 0. The quantitative estimate of drug-likeness (QED) is 0.521.